The molecule has 0 aromatic heterocycles. The lowest BCUT2D eigenvalue weighted by Crippen LogP contribution is -2.53. The van der Waals surface area contributed by atoms with Crippen molar-refractivity contribution >= 4 is 38.4 Å². The number of amides is 1. The highest BCUT2D eigenvalue weighted by Gasteiger charge is 2.38. The summed E-state index contributed by atoms with van der Waals surface area (Å²) >= 11 is 0. The van der Waals surface area contributed by atoms with Gasteiger partial charge in [0.1, 0.15) is 0 Å². The van der Waals surface area contributed by atoms with Crippen molar-refractivity contribution in [2.24, 2.45) is 5.92 Å². The number of nitrogens with zero attached hydrogens (tertiary/aromatic N) is 1. The third kappa shape index (κ3) is 6.54. The number of hydrogen-bond donors (Lipinski definition) is 2. The molecule has 1 amide bonds. The number of nitrogens with one attached hydrogen (secondary N) is 2. The number of piperidine rings is 1. The van der Waals surface area contributed by atoms with E-state index in [0.29, 0.717) is 48.1 Å². The van der Waals surface area contributed by atoms with Crippen LogP contribution in [0.5, 0.6) is 0 Å². The SMILES string of the molecule is CCOC(=O)[C@H]1CN(Cc2ccccc2)CC[C@@H]1NS(=O)(=O)c1ccc(NC(=O)c2ccccc2C)c2ccccc12. The zero-order chi connectivity index (χ0) is 29.7. The number of anilines is 1. The van der Waals surface area contributed by atoms with Crippen molar-refractivity contribution in [3.8, 4) is 0 Å². The van der Waals surface area contributed by atoms with E-state index in [0.717, 1.165) is 11.1 Å². The van der Waals surface area contributed by atoms with E-state index in [1.54, 1.807) is 49.4 Å². The summed E-state index contributed by atoms with van der Waals surface area (Å²) in [5.41, 5.74) is 3.02. The first-order valence-electron chi connectivity index (χ1n) is 14.1. The summed E-state index contributed by atoms with van der Waals surface area (Å²) in [6, 6.07) is 26.8. The number of sulfonamides is 1. The lowest BCUT2D eigenvalue weighted by molar-refractivity contribution is -0.150. The van der Waals surface area contributed by atoms with Crippen LogP contribution in [0.25, 0.3) is 10.8 Å². The number of carbonyl (C=O) groups excluding carboxylic acids is 2. The molecule has 0 unspecified atom stereocenters. The zero-order valence-corrected chi connectivity index (χ0v) is 24.6. The van der Waals surface area contributed by atoms with E-state index in [4.69, 9.17) is 4.74 Å². The molecule has 1 saturated heterocycles. The van der Waals surface area contributed by atoms with Gasteiger partial charge in [0.15, 0.2) is 0 Å². The topological polar surface area (TPSA) is 105 Å². The van der Waals surface area contributed by atoms with E-state index in [1.165, 1.54) is 6.07 Å². The molecular formula is C33H35N3O5S. The molecule has 9 heteroatoms. The fraction of sp³-hybridized carbons (Fsp3) is 0.273. The molecule has 2 N–H and O–H groups in total. The molecule has 5 rings (SSSR count). The van der Waals surface area contributed by atoms with E-state index in [2.05, 4.69) is 14.9 Å². The van der Waals surface area contributed by atoms with Crippen molar-refractivity contribution in [2.45, 2.75) is 37.8 Å². The first kappa shape index (κ1) is 29.4. The molecule has 1 heterocycles. The van der Waals surface area contributed by atoms with Crippen LogP contribution in [0.3, 0.4) is 0 Å². The van der Waals surface area contributed by atoms with Crippen molar-refractivity contribution < 1.29 is 22.7 Å². The Balaban J connectivity index is 1.40. The van der Waals surface area contributed by atoms with Gasteiger partial charge in [0, 0.05) is 47.7 Å². The van der Waals surface area contributed by atoms with Crippen LogP contribution in [0, 0.1) is 12.8 Å². The smallest absolute Gasteiger partial charge is 0.311 e. The van der Waals surface area contributed by atoms with E-state index >= 15 is 0 Å². The average Bonchev–Trinajstić information content (AvgIpc) is 2.98. The van der Waals surface area contributed by atoms with Gasteiger partial charge in [-0.1, -0.05) is 72.8 Å². The van der Waals surface area contributed by atoms with Gasteiger partial charge in [-0.25, -0.2) is 13.1 Å². The molecule has 0 radical (unpaired) electrons. The summed E-state index contributed by atoms with van der Waals surface area (Å²) in [4.78, 5) is 28.3. The molecule has 1 aliphatic rings. The van der Waals surface area contributed by atoms with Gasteiger partial charge in [-0.3, -0.25) is 14.5 Å². The minimum Gasteiger partial charge on any atom is -0.466 e. The third-order valence-electron chi connectivity index (χ3n) is 7.65. The van der Waals surface area contributed by atoms with Gasteiger partial charge in [-0.15, -0.1) is 0 Å². The number of rotatable bonds is 9. The second kappa shape index (κ2) is 12.9. The molecule has 4 aromatic carbocycles. The number of hydrogen-bond acceptors (Lipinski definition) is 6. The maximum Gasteiger partial charge on any atom is 0.311 e. The first-order chi connectivity index (χ1) is 20.3. The van der Waals surface area contributed by atoms with Gasteiger partial charge < -0.3 is 10.1 Å². The molecule has 0 spiro atoms. The minimum atomic E-state index is -4.04. The highest BCUT2D eigenvalue weighted by atomic mass is 32.2. The van der Waals surface area contributed by atoms with E-state index in [-0.39, 0.29) is 17.4 Å². The molecule has 8 nitrogen and oxygen atoms in total. The molecule has 1 fully saturated rings. The van der Waals surface area contributed by atoms with Crippen LogP contribution < -0.4 is 10.0 Å². The van der Waals surface area contributed by atoms with Gasteiger partial charge in [-0.05, 0) is 49.6 Å². The summed E-state index contributed by atoms with van der Waals surface area (Å²) in [6.45, 7) is 5.50. The number of benzene rings is 4. The molecule has 0 saturated carbocycles. The Labute approximate surface area is 246 Å². The van der Waals surface area contributed by atoms with Gasteiger partial charge in [0.25, 0.3) is 5.91 Å². The summed E-state index contributed by atoms with van der Waals surface area (Å²) in [5.74, 6) is -1.34. The number of fused-ring (bicyclic) bond motifs is 1. The Hall–Kier alpha value is -4.05. The monoisotopic (exact) mass is 585 g/mol. The van der Waals surface area contributed by atoms with Crippen molar-refractivity contribution in [2.75, 3.05) is 25.0 Å². The maximum atomic E-state index is 13.8. The van der Waals surface area contributed by atoms with Gasteiger partial charge in [-0.2, -0.15) is 0 Å². The predicted octanol–water partition coefficient (Wildman–Crippen LogP) is 5.13. The Morgan fingerprint density at radius 1 is 0.905 bits per heavy atom. The van der Waals surface area contributed by atoms with E-state index in [1.807, 2.05) is 49.4 Å². The summed E-state index contributed by atoms with van der Waals surface area (Å²) in [6.07, 6.45) is 0.456. The highest BCUT2D eigenvalue weighted by molar-refractivity contribution is 7.89. The largest absolute Gasteiger partial charge is 0.466 e. The predicted molar refractivity (Wildman–Crippen MR) is 164 cm³/mol. The van der Waals surface area contributed by atoms with Crippen LogP contribution in [-0.4, -0.2) is 50.9 Å². The van der Waals surface area contributed by atoms with Crippen LogP contribution in [0.4, 0.5) is 5.69 Å². The number of ether oxygens (including phenoxy) is 1. The highest BCUT2D eigenvalue weighted by Crippen LogP contribution is 2.31. The fourth-order valence-corrected chi connectivity index (χ4v) is 7.05. The van der Waals surface area contributed by atoms with Gasteiger partial charge >= 0.3 is 5.97 Å². The average molecular weight is 586 g/mol. The summed E-state index contributed by atoms with van der Waals surface area (Å²) < 4.78 is 35.9. The molecule has 0 aliphatic carbocycles. The number of esters is 1. The fourth-order valence-electron chi connectivity index (χ4n) is 5.53. The van der Waals surface area contributed by atoms with E-state index in [9.17, 15) is 18.0 Å². The Morgan fingerprint density at radius 3 is 2.33 bits per heavy atom. The molecule has 1 aliphatic heterocycles. The normalized spacial score (nSPS) is 17.6. The van der Waals surface area contributed by atoms with Crippen LogP contribution >= 0.6 is 0 Å². The van der Waals surface area contributed by atoms with Crippen LogP contribution in [0.15, 0.2) is 95.9 Å². The van der Waals surface area contributed by atoms with Crippen molar-refractivity contribution in [3.63, 3.8) is 0 Å². The van der Waals surface area contributed by atoms with Crippen LogP contribution in [0.2, 0.25) is 0 Å². The van der Waals surface area contributed by atoms with Crippen LogP contribution in [-0.2, 0) is 26.1 Å². The molecule has 0 bridgehead atoms. The standard InChI is InChI=1S/C33H35N3O5S/c1-3-41-33(38)28-22-36(21-24-12-5-4-6-13-24)20-19-30(28)35-42(39,40)31-18-17-29(26-15-9-10-16-27(26)31)34-32(37)25-14-8-7-11-23(25)2/h4-18,28,30,35H,3,19-22H2,1-2H3,(H,34,37)/t28-,30-/m0/s1. The molecular weight excluding hydrogens is 550 g/mol. The minimum absolute atomic E-state index is 0.0846. The number of carbonyl (C=O) groups is 2. The quantitative estimate of drug-likeness (QED) is 0.264. The summed E-state index contributed by atoms with van der Waals surface area (Å²) in [5, 5.41) is 4.01. The molecule has 218 valence electrons. The second-order valence-corrected chi connectivity index (χ2v) is 12.2. The van der Waals surface area contributed by atoms with Gasteiger partial charge in [0.05, 0.1) is 17.4 Å². The maximum absolute atomic E-state index is 13.8. The molecule has 4 aromatic rings. The van der Waals surface area contributed by atoms with Crippen molar-refractivity contribution in [1.29, 1.82) is 0 Å². The van der Waals surface area contributed by atoms with E-state index < -0.39 is 28.0 Å². The lowest BCUT2D eigenvalue weighted by Gasteiger charge is -2.37. The Bertz CT molecular complexity index is 1690. The zero-order valence-electron chi connectivity index (χ0n) is 23.7. The molecule has 42 heavy (non-hydrogen) atoms. The Kier molecular flexibility index (Phi) is 9.01. The number of aryl methyl sites for hydroxylation is 1. The van der Waals surface area contributed by atoms with Crippen molar-refractivity contribution in [3.05, 3.63) is 108 Å². The van der Waals surface area contributed by atoms with Gasteiger partial charge in [0.2, 0.25) is 10.0 Å². The number of likely N-dealkylation sites (tertiary alicyclic amines) is 1. The first-order valence-corrected chi connectivity index (χ1v) is 15.6. The lowest BCUT2D eigenvalue weighted by atomic mass is 9.92. The van der Waals surface area contributed by atoms with Crippen molar-refractivity contribution in [1.82, 2.24) is 9.62 Å². The van der Waals surface area contributed by atoms with Crippen LogP contribution in [0.1, 0.15) is 34.8 Å². The third-order valence-corrected chi connectivity index (χ3v) is 9.20. The second-order valence-electron chi connectivity index (χ2n) is 10.5. The summed E-state index contributed by atoms with van der Waals surface area (Å²) in [7, 11) is -4.04. The molecule has 2 atom stereocenters. The Morgan fingerprint density at radius 2 is 1.60 bits per heavy atom.